The van der Waals surface area contributed by atoms with Crippen LogP contribution in [0.1, 0.15) is 31.9 Å². The standard InChI is InChI=1S/C12H18N2O3/c1-2-12(11(15)16)4-7-14(8-5-12)9-10-3-6-13-17-10/h3,6H,2,4-5,7-9H2,1H3,(H,15,16). The summed E-state index contributed by atoms with van der Waals surface area (Å²) >= 11 is 0. The van der Waals surface area contributed by atoms with E-state index in [0.717, 1.165) is 25.4 Å². The molecule has 0 aromatic carbocycles. The van der Waals surface area contributed by atoms with Gasteiger partial charge in [-0.2, -0.15) is 0 Å². The van der Waals surface area contributed by atoms with Crippen LogP contribution < -0.4 is 0 Å². The summed E-state index contributed by atoms with van der Waals surface area (Å²) in [6.45, 7) is 4.29. The third kappa shape index (κ3) is 2.49. The van der Waals surface area contributed by atoms with Gasteiger partial charge in [-0.25, -0.2) is 0 Å². The number of carbonyl (C=O) groups is 1. The molecule has 1 aromatic heterocycles. The number of hydrogen-bond acceptors (Lipinski definition) is 4. The van der Waals surface area contributed by atoms with Crippen LogP contribution in [0.2, 0.25) is 0 Å². The van der Waals surface area contributed by atoms with E-state index in [1.54, 1.807) is 6.20 Å². The summed E-state index contributed by atoms with van der Waals surface area (Å²) in [5.41, 5.74) is -0.516. The zero-order chi connectivity index (χ0) is 12.3. The number of aliphatic carboxylic acids is 1. The first-order valence-corrected chi connectivity index (χ1v) is 6.01. The lowest BCUT2D eigenvalue weighted by molar-refractivity contribution is -0.152. The van der Waals surface area contributed by atoms with Crippen molar-refractivity contribution in [2.75, 3.05) is 13.1 Å². The quantitative estimate of drug-likeness (QED) is 0.865. The van der Waals surface area contributed by atoms with Crippen LogP contribution in [0.25, 0.3) is 0 Å². The monoisotopic (exact) mass is 238 g/mol. The lowest BCUT2D eigenvalue weighted by Gasteiger charge is -2.37. The van der Waals surface area contributed by atoms with Gasteiger partial charge in [0, 0.05) is 6.07 Å². The van der Waals surface area contributed by atoms with Crippen LogP contribution in [0.3, 0.4) is 0 Å². The van der Waals surface area contributed by atoms with E-state index in [0.29, 0.717) is 19.3 Å². The molecule has 1 aliphatic rings. The van der Waals surface area contributed by atoms with Gasteiger partial charge in [-0.15, -0.1) is 0 Å². The molecule has 0 unspecified atom stereocenters. The maximum atomic E-state index is 11.3. The predicted octanol–water partition coefficient (Wildman–Crippen LogP) is 1.75. The number of nitrogens with zero attached hydrogens (tertiary/aromatic N) is 2. The summed E-state index contributed by atoms with van der Waals surface area (Å²) in [5.74, 6) is 0.184. The van der Waals surface area contributed by atoms with Gasteiger partial charge in [0.25, 0.3) is 0 Å². The minimum absolute atomic E-state index is 0.516. The number of carboxylic acid groups (broad SMARTS) is 1. The summed E-state index contributed by atoms with van der Waals surface area (Å²) < 4.78 is 5.05. The molecule has 0 spiro atoms. The Morgan fingerprint density at radius 1 is 1.59 bits per heavy atom. The fourth-order valence-corrected chi connectivity index (χ4v) is 2.40. The molecule has 17 heavy (non-hydrogen) atoms. The van der Waals surface area contributed by atoms with E-state index in [2.05, 4.69) is 10.1 Å². The molecule has 1 N–H and O–H groups in total. The van der Waals surface area contributed by atoms with Crippen molar-refractivity contribution in [3.05, 3.63) is 18.0 Å². The first-order valence-electron chi connectivity index (χ1n) is 6.01. The molecule has 1 saturated heterocycles. The minimum atomic E-state index is -0.653. The molecular weight excluding hydrogens is 220 g/mol. The molecule has 0 amide bonds. The van der Waals surface area contributed by atoms with Gasteiger partial charge in [0.05, 0.1) is 18.2 Å². The lowest BCUT2D eigenvalue weighted by Crippen LogP contribution is -2.43. The van der Waals surface area contributed by atoms with Crippen molar-refractivity contribution in [3.63, 3.8) is 0 Å². The number of carboxylic acids is 1. The normalized spacial score (nSPS) is 20.3. The highest BCUT2D eigenvalue weighted by Crippen LogP contribution is 2.35. The second kappa shape index (κ2) is 4.87. The highest BCUT2D eigenvalue weighted by Gasteiger charge is 2.39. The summed E-state index contributed by atoms with van der Waals surface area (Å²) in [7, 11) is 0. The Morgan fingerprint density at radius 3 is 2.76 bits per heavy atom. The Bertz CT molecular complexity index is 367. The predicted molar refractivity (Wildman–Crippen MR) is 61.4 cm³/mol. The van der Waals surface area contributed by atoms with Gasteiger partial charge in [-0.1, -0.05) is 12.1 Å². The Labute approximate surface area is 100 Å². The van der Waals surface area contributed by atoms with Crippen LogP contribution in [-0.4, -0.2) is 34.2 Å². The summed E-state index contributed by atoms with van der Waals surface area (Å²) in [6, 6.07) is 1.85. The molecule has 0 bridgehead atoms. The van der Waals surface area contributed by atoms with E-state index >= 15 is 0 Å². The van der Waals surface area contributed by atoms with Crippen LogP contribution in [0.4, 0.5) is 0 Å². The van der Waals surface area contributed by atoms with Gasteiger partial charge >= 0.3 is 5.97 Å². The average Bonchev–Trinajstić information content (AvgIpc) is 2.83. The lowest BCUT2D eigenvalue weighted by atomic mass is 9.76. The van der Waals surface area contributed by atoms with Crippen molar-refractivity contribution in [1.82, 2.24) is 10.1 Å². The summed E-state index contributed by atoms with van der Waals surface area (Å²) in [4.78, 5) is 13.5. The fourth-order valence-electron chi connectivity index (χ4n) is 2.40. The Hall–Kier alpha value is -1.36. The van der Waals surface area contributed by atoms with E-state index in [1.165, 1.54) is 0 Å². The minimum Gasteiger partial charge on any atom is -0.481 e. The first-order chi connectivity index (χ1) is 8.16. The molecule has 2 heterocycles. The second-order valence-electron chi connectivity index (χ2n) is 4.69. The van der Waals surface area contributed by atoms with Gasteiger partial charge in [0.1, 0.15) is 0 Å². The van der Waals surface area contributed by atoms with E-state index in [4.69, 9.17) is 4.52 Å². The summed E-state index contributed by atoms with van der Waals surface area (Å²) in [6.07, 6.45) is 3.77. The molecule has 1 aromatic rings. The fraction of sp³-hybridized carbons (Fsp3) is 0.667. The maximum Gasteiger partial charge on any atom is 0.309 e. The SMILES string of the molecule is CCC1(C(=O)O)CCN(Cc2ccno2)CC1. The van der Waals surface area contributed by atoms with Gasteiger partial charge < -0.3 is 9.63 Å². The van der Waals surface area contributed by atoms with Crippen LogP contribution in [0.15, 0.2) is 16.8 Å². The zero-order valence-electron chi connectivity index (χ0n) is 10.1. The molecule has 1 fully saturated rings. The number of piperidine rings is 1. The van der Waals surface area contributed by atoms with Crippen molar-refractivity contribution in [3.8, 4) is 0 Å². The maximum absolute atomic E-state index is 11.3. The molecule has 2 rings (SSSR count). The Morgan fingerprint density at radius 2 is 2.29 bits per heavy atom. The highest BCUT2D eigenvalue weighted by molar-refractivity contribution is 5.74. The van der Waals surface area contributed by atoms with Gasteiger partial charge in [-0.05, 0) is 32.4 Å². The van der Waals surface area contributed by atoms with Gasteiger partial charge in [0.2, 0.25) is 0 Å². The zero-order valence-corrected chi connectivity index (χ0v) is 10.1. The Kier molecular flexibility index (Phi) is 3.47. The molecule has 0 atom stereocenters. The highest BCUT2D eigenvalue weighted by atomic mass is 16.5. The largest absolute Gasteiger partial charge is 0.481 e. The van der Waals surface area contributed by atoms with Gasteiger partial charge in [0.15, 0.2) is 5.76 Å². The van der Waals surface area contributed by atoms with Crippen LogP contribution in [0, 0.1) is 5.41 Å². The molecule has 0 saturated carbocycles. The first kappa shape index (κ1) is 12.1. The molecule has 5 nitrogen and oxygen atoms in total. The van der Waals surface area contributed by atoms with Crippen LogP contribution in [0.5, 0.6) is 0 Å². The van der Waals surface area contributed by atoms with Crippen molar-refractivity contribution in [2.24, 2.45) is 5.41 Å². The van der Waals surface area contributed by atoms with Crippen LogP contribution >= 0.6 is 0 Å². The van der Waals surface area contributed by atoms with E-state index < -0.39 is 11.4 Å². The molecular formula is C12H18N2O3. The van der Waals surface area contributed by atoms with Crippen molar-refractivity contribution < 1.29 is 14.4 Å². The van der Waals surface area contributed by atoms with E-state index in [9.17, 15) is 9.90 Å². The number of likely N-dealkylation sites (tertiary alicyclic amines) is 1. The van der Waals surface area contributed by atoms with Crippen molar-refractivity contribution >= 4 is 5.97 Å². The number of rotatable bonds is 4. The van der Waals surface area contributed by atoms with Crippen LogP contribution in [-0.2, 0) is 11.3 Å². The van der Waals surface area contributed by atoms with E-state index in [-0.39, 0.29) is 0 Å². The molecule has 0 radical (unpaired) electrons. The number of hydrogen-bond donors (Lipinski definition) is 1. The summed E-state index contributed by atoms with van der Waals surface area (Å²) in [5, 5.41) is 12.9. The molecule has 5 heteroatoms. The second-order valence-corrected chi connectivity index (χ2v) is 4.69. The Balaban J connectivity index is 1.91. The number of aromatic nitrogens is 1. The molecule has 1 aliphatic heterocycles. The third-order valence-corrected chi connectivity index (χ3v) is 3.81. The van der Waals surface area contributed by atoms with Crippen molar-refractivity contribution in [1.29, 1.82) is 0 Å². The molecule has 94 valence electrons. The third-order valence-electron chi connectivity index (χ3n) is 3.81. The molecule has 0 aliphatic carbocycles. The van der Waals surface area contributed by atoms with Gasteiger partial charge in [-0.3, -0.25) is 9.69 Å². The smallest absolute Gasteiger partial charge is 0.309 e. The van der Waals surface area contributed by atoms with E-state index in [1.807, 2.05) is 13.0 Å². The topological polar surface area (TPSA) is 66.6 Å². The average molecular weight is 238 g/mol. The van der Waals surface area contributed by atoms with Crippen molar-refractivity contribution in [2.45, 2.75) is 32.7 Å².